The third kappa shape index (κ3) is 5.16. The topological polar surface area (TPSA) is 58.6 Å². The van der Waals surface area contributed by atoms with Gasteiger partial charge < -0.3 is 15.0 Å². The van der Waals surface area contributed by atoms with Crippen LogP contribution in [0.4, 0.5) is 18.9 Å². The van der Waals surface area contributed by atoms with E-state index in [9.17, 15) is 22.8 Å². The molecular formula is C20H21F3N2O3S. The van der Waals surface area contributed by atoms with Crippen molar-refractivity contribution in [1.82, 2.24) is 4.90 Å². The summed E-state index contributed by atoms with van der Waals surface area (Å²) in [6, 6.07) is 6.94. The summed E-state index contributed by atoms with van der Waals surface area (Å²) in [6.07, 6.45) is -4.98. The average Bonchev–Trinajstić information content (AvgIpc) is 3.14. The molecule has 2 aromatic rings. The van der Waals surface area contributed by atoms with Crippen LogP contribution in [0.5, 0.6) is 0 Å². The molecule has 0 saturated carbocycles. The lowest BCUT2D eigenvalue weighted by Crippen LogP contribution is -2.36. The molecule has 0 unspecified atom stereocenters. The zero-order valence-electron chi connectivity index (χ0n) is 16.0. The zero-order chi connectivity index (χ0) is 21.2. The lowest BCUT2D eigenvalue weighted by Gasteiger charge is -2.28. The molecule has 9 heteroatoms. The molecule has 5 nitrogen and oxygen atoms in total. The van der Waals surface area contributed by atoms with E-state index in [4.69, 9.17) is 0 Å². The third-order valence-electron chi connectivity index (χ3n) is 4.78. The molecule has 1 aromatic heterocycles. The maximum atomic E-state index is 13.0. The van der Waals surface area contributed by atoms with Crippen molar-refractivity contribution >= 4 is 28.8 Å². The molecule has 0 spiro atoms. The number of ether oxygens (including phenoxy) is 1. The molecule has 1 atom stereocenters. The smallest absolute Gasteiger partial charge is 0.359 e. The van der Waals surface area contributed by atoms with Crippen molar-refractivity contribution in [2.24, 2.45) is 0 Å². The van der Waals surface area contributed by atoms with E-state index in [1.165, 1.54) is 11.8 Å². The Morgan fingerprint density at radius 1 is 1.31 bits per heavy atom. The van der Waals surface area contributed by atoms with E-state index >= 15 is 0 Å². The number of alkyl halides is 3. The Morgan fingerprint density at radius 2 is 2.07 bits per heavy atom. The van der Waals surface area contributed by atoms with Gasteiger partial charge in [0.05, 0.1) is 0 Å². The second-order valence-corrected chi connectivity index (χ2v) is 7.88. The van der Waals surface area contributed by atoms with Crippen LogP contribution >= 0.6 is 11.3 Å². The SMILES string of the molecule is Cc1c(NC(=O)[C@H](C)OCC(F)(F)F)cccc1C(=O)N1CCc2sccc2C1. The van der Waals surface area contributed by atoms with Crippen LogP contribution in [0.3, 0.4) is 0 Å². The van der Waals surface area contributed by atoms with Crippen LogP contribution in [0.25, 0.3) is 0 Å². The van der Waals surface area contributed by atoms with Gasteiger partial charge in [-0.3, -0.25) is 9.59 Å². The minimum Gasteiger partial charge on any atom is -0.359 e. The van der Waals surface area contributed by atoms with Crippen LogP contribution in [-0.4, -0.2) is 42.1 Å². The Hall–Kier alpha value is -2.39. The molecule has 0 aliphatic carbocycles. The number of rotatable bonds is 5. The molecule has 0 fully saturated rings. The van der Waals surface area contributed by atoms with E-state index in [1.807, 2.05) is 11.4 Å². The minimum absolute atomic E-state index is 0.142. The van der Waals surface area contributed by atoms with Crippen molar-refractivity contribution in [2.75, 3.05) is 18.5 Å². The molecule has 1 aliphatic heterocycles. The maximum Gasteiger partial charge on any atom is 0.411 e. The van der Waals surface area contributed by atoms with Gasteiger partial charge in [0.1, 0.15) is 12.7 Å². The maximum absolute atomic E-state index is 13.0. The van der Waals surface area contributed by atoms with Crippen molar-refractivity contribution in [3.8, 4) is 0 Å². The molecule has 1 aromatic carbocycles. The lowest BCUT2D eigenvalue weighted by molar-refractivity contribution is -0.184. The summed E-state index contributed by atoms with van der Waals surface area (Å²) < 4.78 is 41.4. The first kappa shape index (κ1) is 21.3. The zero-order valence-corrected chi connectivity index (χ0v) is 16.8. The standard InChI is InChI=1S/C20H21F3N2O3S/c1-12-15(19(27)25-8-6-17-14(10-25)7-9-29-17)4-3-5-16(12)24-18(26)13(2)28-11-20(21,22)23/h3-5,7,9,13H,6,8,10-11H2,1-2H3,(H,24,26)/t13-/m0/s1. The Bertz CT molecular complexity index is 911. The van der Waals surface area contributed by atoms with Crippen molar-refractivity contribution < 1.29 is 27.5 Å². The number of hydrogen-bond donors (Lipinski definition) is 1. The highest BCUT2D eigenvalue weighted by molar-refractivity contribution is 7.10. The summed E-state index contributed by atoms with van der Waals surface area (Å²) in [7, 11) is 0. The summed E-state index contributed by atoms with van der Waals surface area (Å²) in [4.78, 5) is 28.2. The molecule has 0 bridgehead atoms. The van der Waals surface area contributed by atoms with Gasteiger partial charge >= 0.3 is 6.18 Å². The second kappa shape index (κ2) is 8.54. The number of thiophene rings is 1. The molecule has 29 heavy (non-hydrogen) atoms. The summed E-state index contributed by atoms with van der Waals surface area (Å²) in [5.41, 5.74) is 2.53. The number of amides is 2. The van der Waals surface area contributed by atoms with Crippen molar-refractivity contribution in [3.05, 3.63) is 51.2 Å². The van der Waals surface area contributed by atoms with Crippen LogP contribution in [0.2, 0.25) is 0 Å². The fraction of sp³-hybridized carbons (Fsp3) is 0.400. The molecule has 2 amide bonds. The van der Waals surface area contributed by atoms with Crippen LogP contribution in [0.1, 0.15) is 33.3 Å². The number of fused-ring (bicyclic) bond motifs is 1. The van der Waals surface area contributed by atoms with Gasteiger partial charge in [-0.15, -0.1) is 11.3 Å². The molecule has 0 saturated heterocycles. The van der Waals surface area contributed by atoms with E-state index in [-0.39, 0.29) is 5.91 Å². The van der Waals surface area contributed by atoms with Gasteiger partial charge in [-0.1, -0.05) is 6.07 Å². The number of halogens is 3. The number of carbonyl (C=O) groups excluding carboxylic acids is 2. The Labute approximate surface area is 170 Å². The average molecular weight is 426 g/mol. The Kier molecular flexibility index (Phi) is 6.28. The molecule has 156 valence electrons. The molecular weight excluding hydrogens is 405 g/mol. The minimum atomic E-state index is -4.51. The van der Waals surface area contributed by atoms with E-state index in [2.05, 4.69) is 10.1 Å². The first-order chi connectivity index (χ1) is 13.7. The molecule has 2 heterocycles. The van der Waals surface area contributed by atoms with Gasteiger partial charge in [-0.2, -0.15) is 13.2 Å². The van der Waals surface area contributed by atoms with Gasteiger partial charge in [0.15, 0.2) is 0 Å². The number of nitrogens with zero attached hydrogens (tertiary/aromatic N) is 1. The van der Waals surface area contributed by atoms with Gasteiger partial charge in [-0.05, 0) is 55.0 Å². The Balaban J connectivity index is 1.69. The number of nitrogens with one attached hydrogen (secondary N) is 1. The summed E-state index contributed by atoms with van der Waals surface area (Å²) >= 11 is 1.69. The van der Waals surface area contributed by atoms with Crippen LogP contribution in [0, 0.1) is 6.92 Å². The first-order valence-corrected chi connectivity index (χ1v) is 9.97. The predicted molar refractivity (Wildman–Crippen MR) is 104 cm³/mol. The number of hydrogen-bond acceptors (Lipinski definition) is 4. The highest BCUT2D eigenvalue weighted by atomic mass is 32.1. The van der Waals surface area contributed by atoms with E-state index in [0.717, 1.165) is 12.0 Å². The molecule has 3 rings (SSSR count). The Morgan fingerprint density at radius 3 is 2.79 bits per heavy atom. The van der Waals surface area contributed by atoms with E-state index in [0.29, 0.717) is 29.9 Å². The summed E-state index contributed by atoms with van der Waals surface area (Å²) in [5, 5.41) is 4.57. The monoisotopic (exact) mass is 426 g/mol. The highest BCUT2D eigenvalue weighted by Gasteiger charge is 2.30. The fourth-order valence-corrected chi connectivity index (χ4v) is 4.01. The summed E-state index contributed by atoms with van der Waals surface area (Å²) in [6.45, 7) is 2.60. The van der Waals surface area contributed by atoms with Gasteiger partial charge in [0, 0.05) is 29.2 Å². The van der Waals surface area contributed by atoms with Gasteiger partial charge in [0.25, 0.3) is 11.8 Å². The largest absolute Gasteiger partial charge is 0.411 e. The molecule has 1 aliphatic rings. The van der Waals surface area contributed by atoms with Gasteiger partial charge in [0.2, 0.25) is 0 Å². The van der Waals surface area contributed by atoms with Gasteiger partial charge in [-0.25, -0.2) is 0 Å². The van der Waals surface area contributed by atoms with Crippen LogP contribution < -0.4 is 5.32 Å². The number of anilines is 1. The highest BCUT2D eigenvalue weighted by Crippen LogP contribution is 2.27. The van der Waals surface area contributed by atoms with E-state index < -0.39 is 24.8 Å². The number of carbonyl (C=O) groups is 2. The van der Waals surface area contributed by atoms with Crippen LogP contribution in [-0.2, 0) is 22.5 Å². The van der Waals surface area contributed by atoms with E-state index in [1.54, 1.807) is 41.4 Å². The fourth-order valence-electron chi connectivity index (χ4n) is 3.12. The number of benzene rings is 1. The van der Waals surface area contributed by atoms with Crippen LogP contribution in [0.15, 0.2) is 29.6 Å². The quantitative estimate of drug-likeness (QED) is 0.781. The van der Waals surface area contributed by atoms with Crippen molar-refractivity contribution in [2.45, 2.75) is 39.1 Å². The molecule has 0 radical (unpaired) electrons. The lowest BCUT2D eigenvalue weighted by atomic mass is 10.0. The summed E-state index contributed by atoms with van der Waals surface area (Å²) in [5.74, 6) is -0.848. The van der Waals surface area contributed by atoms with Crippen molar-refractivity contribution in [3.63, 3.8) is 0 Å². The normalized spacial score (nSPS) is 15.0. The molecule has 1 N–H and O–H groups in total. The first-order valence-electron chi connectivity index (χ1n) is 9.09. The second-order valence-electron chi connectivity index (χ2n) is 6.88. The van der Waals surface area contributed by atoms with Crippen molar-refractivity contribution in [1.29, 1.82) is 0 Å². The third-order valence-corrected chi connectivity index (χ3v) is 5.81. The predicted octanol–water partition coefficient (Wildman–Crippen LogP) is 4.16.